The van der Waals surface area contributed by atoms with Crippen LogP contribution in [0.1, 0.15) is 50.8 Å². The van der Waals surface area contributed by atoms with Crippen LogP contribution in [0.5, 0.6) is 0 Å². The number of aliphatic hydroxyl groups excluding tert-OH is 1. The van der Waals surface area contributed by atoms with Gasteiger partial charge >= 0.3 is 0 Å². The van der Waals surface area contributed by atoms with Gasteiger partial charge < -0.3 is 20.5 Å². The molecule has 0 unspecified atom stereocenters. The van der Waals surface area contributed by atoms with E-state index in [2.05, 4.69) is 25.6 Å². The number of nitrogens with zero attached hydrogens (tertiary/aromatic N) is 3. The third kappa shape index (κ3) is 5.22. The van der Waals surface area contributed by atoms with E-state index in [1.807, 2.05) is 18.2 Å². The van der Waals surface area contributed by atoms with E-state index in [0.29, 0.717) is 36.6 Å². The second kappa shape index (κ2) is 9.94. The number of fused-ring (bicyclic) bond motifs is 1. The number of aromatic nitrogens is 3. The lowest BCUT2D eigenvalue weighted by Crippen LogP contribution is -2.52. The van der Waals surface area contributed by atoms with Gasteiger partial charge in [0.25, 0.3) is 6.43 Å². The molecule has 1 amide bonds. The average molecular weight is 530 g/mol. The van der Waals surface area contributed by atoms with Crippen molar-refractivity contribution in [1.29, 1.82) is 0 Å². The fourth-order valence-corrected chi connectivity index (χ4v) is 6.05. The summed E-state index contributed by atoms with van der Waals surface area (Å²) in [6.07, 6.45) is 5.34. The second-order valence-corrected chi connectivity index (χ2v) is 11.4. The molecule has 0 bridgehead atoms. The molecule has 3 aliphatic rings. The van der Waals surface area contributed by atoms with Crippen molar-refractivity contribution in [2.75, 3.05) is 5.32 Å². The number of halogens is 2. The lowest BCUT2D eigenvalue weighted by Gasteiger charge is -2.37. The number of rotatable bonds is 9. The zero-order chi connectivity index (χ0) is 25.6. The van der Waals surface area contributed by atoms with E-state index in [0.717, 1.165) is 40.6 Å². The van der Waals surface area contributed by atoms with Crippen molar-refractivity contribution < 1.29 is 23.4 Å². The molecular weight excluding hydrogens is 500 g/mol. The number of hydrogen-bond acceptors (Lipinski definition) is 8. The molecule has 196 valence electrons. The van der Waals surface area contributed by atoms with Gasteiger partial charge in [0.1, 0.15) is 6.61 Å². The first-order valence-corrected chi connectivity index (χ1v) is 13.6. The topological polar surface area (TPSA) is 109 Å². The number of amides is 1. The number of anilines is 1. The zero-order valence-corrected chi connectivity index (χ0v) is 21.0. The Labute approximate surface area is 216 Å². The molecule has 3 aliphatic carbocycles. The summed E-state index contributed by atoms with van der Waals surface area (Å²) >= 11 is 1.39. The maximum atomic E-state index is 13.1. The molecule has 37 heavy (non-hydrogen) atoms. The minimum Gasteiger partial charge on any atom is -0.390 e. The Kier molecular flexibility index (Phi) is 6.64. The van der Waals surface area contributed by atoms with E-state index in [-0.39, 0.29) is 30.6 Å². The summed E-state index contributed by atoms with van der Waals surface area (Å²) < 4.78 is 32.9. The van der Waals surface area contributed by atoms with Gasteiger partial charge in [-0.3, -0.25) is 4.79 Å². The summed E-state index contributed by atoms with van der Waals surface area (Å²) in [7, 11) is 0. The van der Waals surface area contributed by atoms with Crippen LogP contribution in [0.25, 0.3) is 21.3 Å². The predicted octanol–water partition coefficient (Wildman–Crippen LogP) is 4.29. The molecular formula is C26H29F2N5O3S. The molecule has 3 aromatic rings. The molecule has 2 aromatic heterocycles. The number of hydrogen-bond donors (Lipinski definition) is 3. The first-order chi connectivity index (χ1) is 17.9. The number of ether oxygens (including phenoxy) is 1. The van der Waals surface area contributed by atoms with Gasteiger partial charge in [-0.15, -0.1) is 0 Å². The quantitative estimate of drug-likeness (QED) is 0.379. The lowest BCUT2D eigenvalue weighted by atomic mass is 9.79. The van der Waals surface area contributed by atoms with Gasteiger partial charge in [-0.25, -0.2) is 23.7 Å². The highest BCUT2D eigenvalue weighted by Gasteiger charge is 2.53. The minimum absolute atomic E-state index is 0.0281. The Bertz CT molecular complexity index is 1280. The van der Waals surface area contributed by atoms with Gasteiger partial charge in [-0.2, -0.15) is 0 Å². The third-order valence-corrected chi connectivity index (χ3v) is 8.64. The van der Waals surface area contributed by atoms with Crippen LogP contribution >= 0.6 is 11.3 Å². The van der Waals surface area contributed by atoms with Crippen molar-refractivity contribution in [1.82, 2.24) is 20.3 Å². The average Bonchev–Trinajstić information content (AvgIpc) is 3.38. The molecule has 3 N–H and O–H groups in total. The molecule has 2 heterocycles. The normalized spacial score (nSPS) is 26.4. The van der Waals surface area contributed by atoms with Gasteiger partial charge in [-0.1, -0.05) is 17.4 Å². The van der Waals surface area contributed by atoms with Crippen molar-refractivity contribution in [3.8, 4) is 11.1 Å². The van der Waals surface area contributed by atoms with Gasteiger partial charge in [0, 0.05) is 29.9 Å². The van der Waals surface area contributed by atoms with Crippen molar-refractivity contribution in [3.63, 3.8) is 0 Å². The summed E-state index contributed by atoms with van der Waals surface area (Å²) in [5.74, 6) is 0.266. The molecule has 8 nitrogen and oxygen atoms in total. The molecule has 0 radical (unpaired) electrons. The summed E-state index contributed by atoms with van der Waals surface area (Å²) in [5, 5.41) is 16.4. The Balaban J connectivity index is 1.04. The molecule has 2 atom stereocenters. The summed E-state index contributed by atoms with van der Waals surface area (Å²) in [6.45, 7) is 0.268. The highest BCUT2D eigenvalue weighted by atomic mass is 32.1. The van der Waals surface area contributed by atoms with E-state index in [1.54, 1.807) is 12.4 Å². The van der Waals surface area contributed by atoms with Gasteiger partial charge in [0.05, 0.1) is 28.0 Å². The molecule has 0 aliphatic heterocycles. The molecule has 3 saturated carbocycles. The van der Waals surface area contributed by atoms with Crippen molar-refractivity contribution in [2.24, 2.45) is 5.92 Å². The van der Waals surface area contributed by atoms with E-state index in [9.17, 15) is 18.7 Å². The maximum Gasteiger partial charge on any atom is 0.256 e. The van der Waals surface area contributed by atoms with Crippen LogP contribution in [0, 0.1) is 5.92 Å². The number of aliphatic hydroxyl groups is 1. The van der Waals surface area contributed by atoms with Crippen molar-refractivity contribution in [2.45, 2.75) is 81.8 Å². The minimum atomic E-state index is -2.36. The first-order valence-electron chi connectivity index (χ1n) is 12.8. The largest absolute Gasteiger partial charge is 0.390 e. The second-order valence-electron chi connectivity index (χ2n) is 10.4. The van der Waals surface area contributed by atoms with E-state index < -0.39 is 18.1 Å². The van der Waals surface area contributed by atoms with Crippen molar-refractivity contribution >= 4 is 32.6 Å². The van der Waals surface area contributed by atoms with E-state index >= 15 is 0 Å². The lowest BCUT2D eigenvalue weighted by molar-refractivity contribution is -0.123. The number of benzene rings is 1. The molecule has 3 fully saturated rings. The molecule has 1 aromatic carbocycles. The van der Waals surface area contributed by atoms with Crippen LogP contribution in [-0.2, 0) is 16.1 Å². The molecule has 6 rings (SSSR count). The standard InChI is InChI=1S/C26H29F2N5O3S/c27-24(28)26(6-7-26)33-17-8-15(9-17)23(35)32-25-31-18-5-4-14(10-21(18)37-25)16-11-29-22(30-12-16)13-36-20-3-1-2-19(20)34/h4-5,10-12,15,17,19-20,24,33-34H,1-3,6-9,13H2,(H,31,32,35)/t15?,17?,19-,20-/m0/s1. The summed E-state index contributed by atoms with van der Waals surface area (Å²) in [6, 6.07) is 5.81. The highest BCUT2D eigenvalue weighted by Crippen LogP contribution is 2.44. The zero-order valence-electron chi connectivity index (χ0n) is 20.2. The van der Waals surface area contributed by atoms with Crippen LogP contribution in [0.15, 0.2) is 30.6 Å². The number of carbonyl (C=O) groups is 1. The smallest absolute Gasteiger partial charge is 0.256 e. The van der Waals surface area contributed by atoms with Gasteiger partial charge in [0.2, 0.25) is 5.91 Å². The monoisotopic (exact) mass is 529 g/mol. The van der Waals surface area contributed by atoms with Crippen LogP contribution in [0.3, 0.4) is 0 Å². The fraction of sp³-hybridized carbons (Fsp3) is 0.538. The number of carbonyl (C=O) groups excluding carboxylic acids is 1. The Morgan fingerprint density at radius 3 is 2.65 bits per heavy atom. The van der Waals surface area contributed by atoms with E-state index in [4.69, 9.17) is 4.74 Å². The Morgan fingerprint density at radius 1 is 1.19 bits per heavy atom. The van der Waals surface area contributed by atoms with Gasteiger partial charge in [-0.05, 0) is 62.6 Å². The maximum absolute atomic E-state index is 13.1. The number of alkyl halides is 2. The van der Waals surface area contributed by atoms with Crippen LogP contribution in [0.2, 0.25) is 0 Å². The molecule has 0 spiro atoms. The third-order valence-electron chi connectivity index (χ3n) is 7.71. The molecule has 0 saturated heterocycles. The SMILES string of the molecule is O=C(Nc1nc2ccc(-c3cnc(CO[C@H]4CCC[C@@H]4O)nc3)cc2s1)C1CC(NC2(C(F)F)CC2)C1. The first kappa shape index (κ1) is 24.7. The Hall–Kier alpha value is -2.60. The van der Waals surface area contributed by atoms with Crippen LogP contribution in [0.4, 0.5) is 13.9 Å². The highest BCUT2D eigenvalue weighted by molar-refractivity contribution is 7.22. The van der Waals surface area contributed by atoms with Crippen molar-refractivity contribution in [3.05, 3.63) is 36.4 Å². The molecule has 11 heteroatoms. The predicted molar refractivity (Wildman–Crippen MR) is 135 cm³/mol. The summed E-state index contributed by atoms with van der Waals surface area (Å²) in [4.78, 5) is 26.0. The van der Waals surface area contributed by atoms with Crippen LogP contribution < -0.4 is 10.6 Å². The summed E-state index contributed by atoms with van der Waals surface area (Å²) in [5.41, 5.74) is 1.56. The Morgan fingerprint density at radius 2 is 1.97 bits per heavy atom. The van der Waals surface area contributed by atoms with E-state index in [1.165, 1.54) is 11.3 Å². The number of nitrogens with one attached hydrogen (secondary N) is 2. The fourth-order valence-electron chi connectivity index (χ4n) is 5.14. The van der Waals surface area contributed by atoms with Gasteiger partial charge in [0.15, 0.2) is 11.0 Å². The number of thiazole rings is 1. The van der Waals surface area contributed by atoms with Crippen LogP contribution in [-0.4, -0.2) is 56.2 Å².